The number of benzene rings is 1. The van der Waals surface area contributed by atoms with Crippen LogP contribution in [0.4, 0.5) is 0 Å². The molecule has 2 rings (SSSR count). The topological polar surface area (TPSA) is 66.6 Å². The van der Waals surface area contributed by atoms with Gasteiger partial charge in [-0.1, -0.05) is 23.7 Å². The molecule has 2 N–H and O–H groups in total. The summed E-state index contributed by atoms with van der Waals surface area (Å²) in [6, 6.07) is 7.24. The molecule has 1 aliphatic heterocycles. The van der Waals surface area contributed by atoms with Gasteiger partial charge in [-0.25, -0.2) is 0 Å². The Morgan fingerprint density at radius 2 is 2.05 bits per heavy atom. The summed E-state index contributed by atoms with van der Waals surface area (Å²) in [6.45, 7) is 3.35. The van der Waals surface area contributed by atoms with Crippen LogP contribution in [0, 0.1) is 5.92 Å². The molecule has 124 valence electrons. The SMILES string of the molecule is C[C@H](N)[C@@H]1CCCN(S(=O)(=O)N(C)Cc2ccc(Cl)cc2)C1. The maximum Gasteiger partial charge on any atom is 0.282 e. The zero-order valence-electron chi connectivity index (χ0n) is 13.1. The van der Waals surface area contributed by atoms with E-state index in [1.165, 1.54) is 4.31 Å². The van der Waals surface area contributed by atoms with E-state index in [1.807, 2.05) is 19.1 Å². The van der Waals surface area contributed by atoms with Crippen molar-refractivity contribution in [2.75, 3.05) is 20.1 Å². The smallest absolute Gasteiger partial charge is 0.282 e. The summed E-state index contributed by atoms with van der Waals surface area (Å²) < 4.78 is 28.4. The molecule has 5 nitrogen and oxygen atoms in total. The van der Waals surface area contributed by atoms with E-state index in [0.29, 0.717) is 24.7 Å². The molecule has 1 aromatic carbocycles. The Kier molecular flexibility index (Phi) is 5.85. The minimum atomic E-state index is -3.46. The zero-order valence-corrected chi connectivity index (χ0v) is 14.6. The standard InChI is InChI=1S/C15H24ClN3O2S/c1-12(17)14-4-3-9-19(11-14)22(20,21)18(2)10-13-5-7-15(16)8-6-13/h5-8,12,14H,3-4,9-11,17H2,1-2H3/t12-,14+/m0/s1. The van der Waals surface area contributed by atoms with E-state index >= 15 is 0 Å². The number of piperidine rings is 1. The molecule has 1 aromatic rings. The first-order chi connectivity index (χ1) is 10.3. The molecule has 1 heterocycles. The largest absolute Gasteiger partial charge is 0.328 e. The van der Waals surface area contributed by atoms with Crippen LogP contribution in [0.25, 0.3) is 0 Å². The summed E-state index contributed by atoms with van der Waals surface area (Å²) >= 11 is 5.85. The molecule has 1 aliphatic rings. The van der Waals surface area contributed by atoms with Crippen molar-refractivity contribution in [1.29, 1.82) is 0 Å². The van der Waals surface area contributed by atoms with E-state index in [4.69, 9.17) is 17.3 Å². The summed E-state index contributed by atoms with van der Waals surface area (Å²) in [5.41, 5.74) is 6.85. The average Bonchev–Trinajstić information content (AvgIpc) is 2.49. The number of nitrogens with two attached hydrogens (primary N) is 1. The predicted molar refractivity (Wildman–Crippen MR) is 89.8 cm³/mol. The number of rotatable bonds is 5. The van der Waals surface area contributed by atoms with E-state index in [1.54, 1.807) is 23.5 Å². The van der Waals surface area contributed by atoms with Crippen molar-refractivity contribution in [3.63, 3.8) is 0 Å². The fourth-order valence-corrected chi connectivity index (χ4v) is 4.31. The zero-order chi connectivity index (χ0) is 16.3. The highest BCUT2D eigenvalue weighted by atomic mass is 35.5. The number of nitrogens with zero attached hydrogens (tertiary/aromatic N) is 2. The van der Waals surface area contributed by atoms with Gasteiger partial charge in [0.25, 0.3) is 10.2 Å². The normalized spacial score (nSPS) is 22.0. The molecule has 2 atom stereocenters. The van der Waals surface area contributed by atoms with Gasteiger partial charge in [0.1, 0.15) is 0 Å². The van der Waals surface area contributed by atoms with Crippen LogP contribution in [-0.2, 0) is 16.8 Å². The highest BCUT2D eigenvalue weighted by molar-refractivity contribution is 7.86. The van der Waals surface area contributed by atoms with Gasteiger partial charge in [0, 0.05) is 37.7 Å². The van der Waals surface area contributed by atoms with Crippen LogP contribution < -0.4 is 5.73 Å². The van der Waals surface area contributed by atoms with E-state index in [2.05, 4.69) is 0 Å². The van der Waals surface area contributed by atoms with E-state index < -0.39 is 10.2 Å². The second-order valence-electron chi connectivity index (χ2n) is 6.01. The van der Waals surface area contributed by atoms with Crippen LogP contribution in [0.1, 0.15) is 25.3 Å². The molecule has 7 heteroatoms. The molecular formula is C15H24ClN3O2S. The van der Waals surface area contributed by atoms with Crippen molar-refractivity contribution in [2.45, 2.75) is 32.4 Å². The Balaban J connectivity index is 2.06. The third-order valence-corrected chi connectivity index (χ3v) is 6.36. The second-order valence-corrected chi connectivity index (χ2v) is 8.48. The van der Waals surface area contributed by atoms with Crippen molar-refractivity contribution in [1.82, 2.24) is 8.61 Å². The van der Waals surface area contributed by atoms with Crippen LogP contribution >= 0.6 is 11.6 Å². The molecule has 0 spiro atoms. The highest BCUT2D eigenvalue weighted by Gasteiger charge is 2.32. The molecule has 0 saturated carbocycles. The molecule has 1 saturated heterocycles. The van der Waals surface area contributed by atoms with Gasteiger partial charge in [-0.15, -0.1) is 0 Å². The Morgan fingerprint density at radius 1 is 1.41 bits per heavy atom. The minimum Gasteiger partial charge on any atom is -0.328 e. The van der Waals surface area contributed by atoms with Crippen LogP contribution in [0.3, 0.4) is 0 Å². The van der Waals surface area contributed by atoms with E-state index in [9.17, 15) is 8.42 Å². The van der Waals surface area contributed by atoms with Crippen molar-refractivity contribution in [3.8, 4) is 0 Å². The fourth-order valence-electron chi connectivity index (χ4n) is 2.74. The lowest BCUT2D eigenvalue weighted by Crippen LogP contribution is -2.49. The summed E-state index contributed by atoms with van der Waals surface area (Å²) in [6.07, 6.45) is 1.85. The van der Waals surface area contributed by atoms with Gasteiger partial charge < -0.3 is 5.73 Å². The third kappa shape index (κ3) is 4.20. The molecule has 0 aliphatic carbocycles. The Labute approximate surface area is 138 Å². The molecule has 0 bridgehead atoms. The Bertz CT molecular complexity index is 589. The van der Waals surface area contributed by atoms with Crippen LogP contribution in [-0.4, -0.2) is 43.2 Å². The first kappa shape index (κ1) is 17.7. The van der Waals surface area contributed by atoms with Crippen molar-refractivity contribution in [3.05, 3.63) is 34.9 Å². The summed E-state index contributed by atoms with van der Waals surface area (Å²) in [4.78, 5) is 0. The quantitative estimate of drug-likeness (QED) is 0.888. The number of halogens is 1. The van der Waals surface area contributed by atoms with Crippen molar-refractivity contribution >= 4 is 21.8 Å². The van der Waals surface area contributed by atoms with Gasteiger partial charge in [-0.3, -0.25) is 0 Å². The maximum absolute atomic E-state index is 12.7. The molecule has 0 amide bonds. The van der Waals surface area contributed by atoms with Crippen molar-refractivity contribution in [2.24, 2.45) is 11.7 Å². The van der Waals surface area contributed by atoms with Gasteiger partial charge in [0.2, 0.25) is 0 Å². The monoisotopic (exact) mass is 345 g/mol. The molecule has 22 heavy (non-hydrogen) atoms. The minimum absolute atomic E-state index is 0.0135. The molecule has 0 radical (unpaired) electrons. The lowest BCUT2D eigenvalue weighted by molar-refractivity contribution is 0.231. The fraction of sp³-hybridized carbons (Fsp3) is 0.600. The summed E-state index contributed by atoms with van der Waals surface area (Å²) in [7, 11) is -1.85. The lowest BCUT2D eigenvalue weighted by Gasteiger charge is -2.35. The predicted octanol–water partition coefficient (Wildman–Crippen LogP) is 2.08. The molecule has 0 unspecified atom stereocenters. The van der Waals surface area contributed by atoms with Crippen LogP contribution in [0.2, 0.25) is 5.02 Å². The first-order valence-corrected chi connectivity index (χ1v) is 9.29. The van der Waals surface area contributed by atoms with Gasteiger partial charge in [-0.05, 0) is 43.4 Å². The van der Waals surface area contributed by atoms with Gasteiger partial charge in [0.15, 0.2) is 0 Å². The van der Waals surface area contributed by atoms with Crippen LogP contribution in [0.5, 0.6) is 0 Å². The Morgan fingerprint density at radius 3 is 2.64 bits per heavy atom. The van der Waals surface area contributed by atoms with E-state index in [0.717, 1.165) is 18.4 Å². The Hall–Kier alpha value is -0.660. The van der Waals surface area contributed by atoms with Gasteiger partial charge in [-0.2, -0.15) is 17.0 Å². The van der Waals surface area contributed by atoms with Gasteiger partial charge in [0.05, 0.1) is 0 Å². The second kappa shape index (κ2) is 7.27. The highest BCUT2D eigenvalue weighted by Crippen LogP contribution is 2.23. The lowest BCUT2D eigenvalue weighted by atomic mass is 9.93. The summed E-state index contributed by atoms with van der Waals surface area (Å²) in [5, 5.41) is 0.644. The average molecular weight is 346 g/mol. The van der Waals surface area contributed by atoms with Crippen LogP contribution in [0.15, 0.2) is 24.3 Å². The molecular weight excluding hydrogens is 322 g/mol. The van der Waals surface area contributed by atoms with E-state index in [-0.39, 0.29) is 12.0 Å². The van der Waals surface area contributed by atoms with Crippen molar-refractivity contribution < 1.29 is 8.42 Å². The molecule has 1 fully saturated rings. The maximum atomic E-state index is 12.7. The number of hydrogen-bond acceptors (Lipinski definition) is 3. The van der Waals surface area contributed by atoms with Gasteiger partial charge >= 0.3 is 0 Å². The number of hydrogen-bond donors (Lipinski definition) is 1. The summed E-state index contributed by atoms with van der Waals surface area (Å²) in [5.74, 6) is 0.229. The third-order valence-electron chi connectivity index (χ3n) is 4.20. The first-order valence-electron chi connectivity index (χ1n) is 7.52. The molecule has 0 aromatic heterocycles.